The quantitative estimate of drug-likeness (QED) is 0.685. The third kappa shape index (κ3) is 3.38. The van der Waals surface area contributed by atoms with Crippen LogP contribution < -0.4 is 5.32 Å². The first kappa shape index (κ1) is 15.0. The second kappa shape index (κ2) is 5.93. The number of amides is 1. The second-order valence-corrected chi connectivity index (χ2v) is 5.11. The van der Waals surface area contributed by atoms with E-state index in [0.717, 1.165) is 0 Å². The SMILES string of the molecule is Cc1cc([N+](=O)[O-])cc(C)c1NC(=O)c1cccc(Cl)c1. The molecule has 0 saturated carbocycles. The molecule has 2 rings (SSSR count). The Hall–Kier alpha value is -2.40. The van der Waals surface area contributed by atoms with Crippen LogP contribution in [-0.2, 0) is 0 Å². The minimum absolute atomic E-state index is 0.00533. The lowest BCUT2D eigenvalue weighted by Gasteiger charge is -2.11. The lowest BCUT2D eigenvalue weighted by Crippen LogP contribution is -2.14. The van der Waals surface area contributed by atoms with Crippen molar-refractivity contribution < 1.29 is 9.72 Å². The third-order valence-electron chi connectivity index (χ3n) is 3.05. The average molecular weight is 305 g/mol. The molecule has 0 aliphatic rings. The van der Waals surface area contributed by atoms with Gasteiger partial charge in [-0.05, 0) is 43.2 Å². The van der Waals surface area contributed by atoms with Gasteiger partial charge in [0.2, 0.25) is 0 Å². The number of carbonyl (C=O) groups is 1. The highest BCUT2D eigenvalue weighted by Crippen LogP contribution is 2.26. The summed E-state index contributed by atoms with van der Waals surface area (Å²) in [6.07, 6.45) is 0. The third-order valence-corrected chi connectivity index (χ3v) is 3.29. The number of anilines is 1. The zero-order valence-corrected chi connectivity index (χ0v) is 12.3. The fourth-order valence-electron chi connectivity index (χ4n) is 2.06. The Labute approximate surface area is 126 Å². The van der Waals surface area contributed by atoms with Gasteiger partial charge in [-0.1, -0.05) is 17.7 Å². The van der Waals surface area contributed by atoms with Crippen LogP contribution in [0.1, 0.15) is 21.5 Å². The van der Waals surface area contributed by atoms with Gasteiger partial charge in [-0.15, -0.1) is 0 Å². The summed E-state index contributed by atoms with van der Waals surface area (Å²) in [6, 6.07) is 9.44. The van der Waals surface area contributed by atoms with Crippen molar-refractivity contribution in [2.45, 2.75) is 13.8 Å². The Morgan fingerprint density at radius 3 is 2.33 bits per heavy atom. The molecule has 0 aliphatic carbocycles. The fraction of sp³-hybridized carbons (Fsp3) is 0.133. The van der Waals surface area contributed by atoms with E-state index in [0.29, 0.717) is 27.4 Å². The minimum Gasteiger partial charge on any atom is -0.321 e. The Morgan fingerprint density at radius 2 is 1.81 bits per heavy atom. The number of hydrogen-bond donors (Lipinski definition) is 1. The monoisotopic (exact) mass is 304 g/mol. The van der Waals surface area contributed by atoms with E-state index in [4.69, 9.17) is 11.6 Å². The molecule has 2 aromatic carbocycles. The van der Waals surface area contributed by atoms with Gasteiger partial charge in [0.15, 0.2) is 0 Å². The van der Waals surface area contributed by atoms with Gasteiger partial charge in [0.1, 0.15) is 0 Å². The average Bonchev–Trinajstić information content (AvgIpc) is 2.42. The molecule has 5 nitrogen and oxygen atoms in total. The highest BCUT2D eigenvalue weighted by Gasteiger charge is 2.14. The summed E-state index contributed by atoms with van der Waals surface area (Å²) in [5.41, 5.74) is 2.28. The number of carbonyl (C=O) groups excluding carboxylic acids is 1. The Morgan fingerprint density at radius 1 is 1.19 bits per heavy atom. The van der Waals surface area contributed by atoms with Crippen molar-refractivity contribution >= 4 is 28.9 Å². The summed E-state index contributed by atoms with van der Waals surface area (Å²) < 4.78 is 0. The molecule has 6 heteroatoms. The van der Waals surface area contributed by atoms with Gasteiger partial charge in [0.05, 0.1) is 4.92 Å². The summed E-state index contributed by atoms with van der Waals surface area (Å²) in [5, 5.41) is 14.0. The van der Waals surface area contributed by atoms with E-state index < -0.39 is 4.92 Å². The van der Waals surface area contributed by atoms with Gasteiger partial charge in [0.25, 0.3) is 11.6 Å². The minimum atomic E-state index is -0.456. The predicted molar refractivity (Wildman–Crippen MR) is 82.0 cm³/mol. The molecule has 108 valence electrons. The van der Waals surface area contributed by atoms with Crippen molar-refractivity contribution in [3.63, 3.8) is 0 Å². The number of nitro benzene ring substituents is 1. The Kier molecular flexibility index (Phi) is 4.23. The van der Waals surface area contributed by atoms with Crippen LogP contribution in [0.2, 0.25) is 5.02 Å². The highest BCUT2D eigenvalue weighted by atomic mass is 35.5. The standard InChI is InChI=1S/C15H13ClN2O3/c1-9-6-13(18(20)21)7-10(2)14(9)17-15(19)11-4-3-5-12(16)8-11/h3-8H,1-2H3,(H,17,19). The summed E-state index contributed by atoms with van der Waals surface area (Å²) in [6.45, 7) is 3.43. The van der Waals surface area contributed by atoms with E-state index in [-0.39, 0.29) is 11.6 Å². The zero-order valence-electron chi connectivity index (χ0n) is 11.5. The summed E-state index contributed by atoms with van der Waals surface area (Å²) >= 11 is 5.86. The molecular weight excluding hydrogens is 292 g/mol. The van der Waals surface area contributed by atoms with E-state index in [1.165, 1.54) is 12.1 Å². The molecule has 0 fully saturated rings. The predicted octanol–water partition coefficient (Wildman–Crippen LogP) is 4.12. The second-order valence-electron chi connectivity index (χ2n) is 4.68. The van der Waals surface area contributed by atoms with Crippen LogP contribution in [-0.4, -0.2) is 10.8 Å². The van der Waals surface area contributed by atoms with E-state index in [1.807, 2.05) is 0 Å². The fourth-order valence-corrected chi connectivity index (χ4v) is 2.25. The maximum absolute atomic E-state index is 12.2. The van der Waals surface area contributed by atoms with Crippen LogP contribution in [0, 0.1) is 24.0 Å². The lowest BCUT2D eigenvalue weighted by atomic mass is 10.1. The van der Waals surface area contributed by atoms with Crippen molar-refractivity contribution in [3.05, 3.63) is 68.2 Å². The van der Waals surface area contributed by atoms with E-state index in [9.17, 15) is 14.9 Å². The number of nitrogens with one attached hydrogen (secondary N) is 1. The first-order valence-corrected chi connectivity index (χ1v) is 6.59. The molecule has 0 heterocycles. The normalized spacial score (nSPS) is 10.2. The van der Waals surface area contributed by atoms with Gasteiger partial charge in [0, 0.05) is 28.4 Å². The van der Waals surface area contributed by atoms with Crippen LogP contribution >= 0.6 is 11.6 Å². The van der Waals surface area contributed by atoms with E-state index >= 15 is 0 Å². The number of halogens is 1. The smallest absolute Gasteiger partial charge is 0.270 e. The van der Waals surface area contributed by atoms with Gasteiger partial charge < -0.3 is 5.32 Å². The number of rotatable bonds is 3. The molecule has 0 spiro atoms. The van der Waals surface area contributed by atoms with Gasteiger partial charge >= 0.3 is 0 Å². The van der Waals surface area contributed by atoms with Crippen molar-refractivity contribution in [1.29, 1.82) is 0 Å². The van der Waals surface area contributed by atoms with E-state index in [1.54, 1.807) is 38.1 Å². The Balaban J connectivity index is 2.32. The van der Waals surface area contributed by atoms with Crippen LogP contribution in [0.15, 0.2) is 36.4 Å². The molecule has 1 N–H and O–H groups in total. The van der Waals surface area contributed by atoms with Crippen molar-refractivity contribution in [2.75, 3.05) is 5.32 Å². The largest absolute Gasteiger partial charge is 0.321 e. The molecular formula is C15H13ClN2O3. The van der Waals surface area contributed by atoms with Crippen molar-refractivity contribution in [1.82, 2.24) is 0 Å². The maximum atomic E-state index is 12.2. The highest BCUT2D eigenvalue weighted by molar-refractivity contribution is 6.31. The van der Waals surface area contributed by atoms with Gasteiger partial charge in [-0.2, -0.15) is 0 Å². The van der Waals surface area contributed by atoms with Crippen LogP contribution in [0.25, 0.3) is 0 Å². The molecule has 2 aromatic rings. The molecule has 0 unspecified atom stereocenters. The molecule has 1 amide bonds. The topological polar surface area (TPSA) is 72.2 Å². The number of benzene rings is 2. The number of aryl methyl sites for hydroxylation is 2. The zero-order chi connectivity index (χ0) is 15.6. The van der Waals surface area contributed by atoms with Gasteiger partial charge in [-0.25, -0.2) is 0 Å². The number of nitro groups is 1. The Bertz CT molecular complexity index is 706. The summed E-state index contributed by atoms with van der Waals surface area (Å²) in [4.78, 5) is 22.5. The molecule has 0 bridgehead atoms. The van der Waals surface area contributed by atoms with Crippen LogP contribution in [0.3, 0.4) is 0 Å². The van der Waals surface area contributed by atoms with Crippen molar-refractivity contribution in [3.8, 4) is 0 Å². The van der Waals surface area contributed by atoms with Crippen molar-refractivity contribution in [2.24, 2.45) is 0 Å². The molecule has 0 atom stereocenters. The maximum Gasteiger partial charge on any atom is 0.270 e. The molecule has 0 saturated heterocycles. The lowest BCUT2D eigenvalue weighted by molar-refractivity contribution is -0.384. The first-order chi connectivity index (χ1) is 9.88. The van der Waals surface area contributed by atoms with Crippen LogP contribution in [0.4, 0.5) is 11.4 Å². The molecule has 21 heavy (non-hydrogen) atoms. The summed E-state index contributed by atoms with van der Waals surface area (Å²) in [7, 11) is 0. The number of non-ortho nitro benzene ring substituents is 1. The number of nitrogens with zero attached hydrogens (tertiary/aromatic N) is 1. The molecule has 0 aliphatic heterocycles. The van der Waals surface area contributed by atoms with Gasteiger partial charge in [-0.3, -0.25) is 14.9 Å². The summed E-state index contributed by atoms with van der Waals surface area (Å²) in [5.74, 6) is -0.308. The molecule has 0 aromatic heterocycles. The molecule has 0 radical (unpaired) electrons. The number of hydrogen-bond acceptors (Lipinski definition) is 3. The van der Waals surface area contributed by atoms with E-state index in [2.05, 4.69) is 5.32 Å². The van der Waals surface area contributed by atoms with Crippen LogP contribution in [0.5, 0.6) is 0 Å². The first-order valence-electron chi connectivity index (χ1n) is 6.21.